The van der Waals surface area contributed by atoms with Gasteiger partial charge in [0.2, 0.25) is 0 Å². The van der Waals surface area contributed by atoms with Gasteiger partial charge in [0.05, 0.1) is 5.56 Å². The number of benzene rings is 1. The van der Waals surface area contributed by atoms with Gasteiger partial charge in [-0.05, 0) is 43.2 Å². The van der Waals surface area contributed by atoms with Crippen molar-refractivity contribution in [1.29, 1.82) is 0 Å². The molecule has 8 heteroatoms. The van der Waals surface area contributed by atoms with Gasteiger partial charge >= 0.3 is 6.18 Å². The Hall–Kier alpha value is -2.77. The first kappa shape index (κ1) is 20.0. The van der Waals surface area contributed by atoms with Crippen molar-refractivity contribution in [3.05, 3.63) is 64.1 Å². The number of nitrogens with one attached hydrogen (secondary N) is 1. The van der Waals surface area contributed by atoms with Crippen LogP contribution < -0.4 is 10.9 Å². The number of hydrogen-bond acceptors (Lipinski definition) is 3. The molecule has 1 heterocycles. The third-order valence-electron chi connectivity index (χ3n) is 5.07. The van der Waals surface area contributed by atoms with Crippen LogP contribution in [0.1, 0.15) is 47.5 Å². The summed E-state index contributed by atoms with van der Waals surface area (Å²) in [4.78, 5) is 24.3. The smallest absolute Gasteiger partial charge is 0.406 e. The van der Waals surface area contributed by atoms with Gasteiger partial charge in [-0.2, -0.15) is 13.2 Å². The van der Waals surface area contributed by atoms with Gasteiger partial charge in [0, 0.05) is 12.2 Å². The number of nitrogens with zero attached hydrogens (tertiary/aromatic N) is 1. The molecule has 150 valence electrons. The van der Waals surface area contributed by atoms with Crippen LogP contribution in [0.2, 0.25) is 0 Å². The minimum absolute atomic E-state index is 0.107. The minimum Gasteiger partial charge on any atom is -0.502 e. The van der Waals surface area contributed by atoms with E-state index in [-0.39, 0.29) is 11.6 Å². The van der Waals surface area contributed by atoms with Crippen LogP contribution >= 0.6 is 0 Å². The summed E-state index contributed by atoms with van der Waals surface area (Å²) in [6.07, 6.45) is -0.440. The van der Waals surface area contributed by atoms with Crippen LogP contribution in [0.15, 0.2) is 47.4 Å². The molecule has 2 aromatic rings. The average molecular weight is 394 g/mol. The molecule has 1 aliphatic carbocycles. The highest BCUT2D eigenvalue weighted by molar-refractivity contribution is 5.96. The first-order valence-electron chi connectivity index (χ1n) is 9.09. The molecule has 1 aromatic carbocycles. The lowest BCUT2D eigenvalue weighted by Gasteiger charge is -2.29. The van der Waals surface area contributed by atoms with Gasteiger partial charge in [-0.1, -0.05) is 30.3 Å². The van der Waals surface area contributed by atoms with Crippen molar-refractivity contribution in [2.45, 2.75) is 50.4 Å². The molecule has 28 heavy (non-hydrogen) atoms. The number of hydrogen-bond donors (Lipinski definition) is 2. The van der Waals surface area contributed by atoms with E-state index in [1.165, 1.54) is 5.56 Å². The summed E-state index contributed by atoms with van der Waals surface area (Å²) < 4.78 is 37.7. The van der Waals surface area contributed by atoms with Crippen molar-refractivity contribution in [1.82, 2.24) is 9.88 Å². The van der Waals surface area contributed by atoms with Gasteiger partial charge < -0.3 is 15.0 Å². The van der Waals surface area contributed by atoms with Crippen LogP contribution in [0.4, 0.5) is 13.2 Å². The summed E-state index contributed by atoms with van der Waals surface area (Å²) in [5, 5.41) is 12.7. The molecule has 0 unspecified atom stereocenters. The molecular weight excluding hydrogens is 373 g/mol. The third kappa shape index (κ3) is 4.74. The number of halogens is 3. The van der Waals surface area contributed by atoms with E-state index in [9.17, 15) is 27.9 Å². The number of carbonyl (C=O) groups excluding carboxylic acids is 1. The minimum atomic E-state index is -4.60. The molecule has 1 fully saturated rings. The van der Waals surface area contributed by atoms with E-state index >= 15 is 0 Å². The largest absolute Gasteiger partial charge is 0.502 e. The van der Waals surface area contributed by atoms with Gasteiger partial charge in [0.15, 0.2) is 5.75 Å². The van der Waals surface area contributed by atoms with Crippen LogP contribution in [0.3, 0.4) is 0 Å². The summed E-state index contributed by atoms with van der Waals surface area (Å²) in [5.41, 5.74) is -0.287. The highest BCUT2D eigenvalue weighted by Crippen LogP contribution is 2.32. The topological polar surface area (TPSA) is 71.3 Å². The Morgan fingerprint density at radius 1 is 1.11 bits per heavy atom. The maximum Gasteiger partial charge on any atom is 0.406 e. The summed E-state index contributed by atoms with van der Waals surface area (Å²) >= 11 is 0. The van der Waals surface area contributed by atoms with E-state index < -0.39 is 29.9 Å². The van der Waals surface area contributed by atoms with Gasteiger partial charge in [0.25, 0.3) is 11.5 Å². The number of amides is 1. The molecule has 1 aliphatic rings. The van der Waals surface area contributed by atoms with Crippen LogP contribution in [0.5, 0.6) is 5.75 Å². The van der Waals surface area contributed by atoms with E-state index in [0.717, 1.165) is 37.9 Å². The zero-order chi connectivity index (χ0) is 20.3. The highest BCUT2D eigenvalue weighted by atomic mass is 19.4. The number of pyridine rings is 1. The van der Waals surface area contributed by atoms with E-state index in [2.05, 4.69) is 17.4 Å². The molecule has 0 bridgehead atoms. The van der Waals surface area contributed by atoms with E-state index in [1.807, 2.05) is 18.2 Å². The zero-order valence-electron chi connectivity index (χ0n) is 15.1. The maximum atomic E-state index is 12.5. The Kier molecular flexibility index (Phi) is 5.76. The Morgan fingerprint density at radius 2 is 1.75 bits per heavy atom. The van der Waals surface area contributed by atoms with Gasteiger partial charge in [-0.15, -0.1) is 0 Å². The molecule has 0 saturated heterocycles. The highest BCUT2D eigenvalue weighted by Gasteiger charge is 2.30. The summed E-state index contributed by atoms with van der Waals surface area (Å²) in [5.74, 6) is -1.20. The average Bonchev–Trinajstić information content (AvgIpc) is 2.66. The molecule has 0 radical (unpaired) electrons. The van der Waals surface area contributed by atoms with E-state index in [1.54, 1.807) is 0 Å². The number of aromatic nitrogens is 1. The number of rotatable bonds is 4. The van der Waals surface area contributed by atoms with Crippen molar-refractivity contribution in [2.75, 3.05) is 0 Å². The fraction of sp³-hybridized carbons (Fsp3) is 0.400. The van der Waals surface area contributed by atoms with Gasteiger partial charge in [-0.25, -0.2) is 0 Å². The molecule has 0 atom stereocenters. The van der Waals surface area contributed by atoms with Crippen molar-refractivity contribution in [2.24, 2.45) is 0 Å². The van der Waals surface area contributed by atoms with Gasteiger partial charge in [0.1, 0.15) is 6.54 Å². The van der Waals surface area contributed by atoms with E-state index in [0.29, 0.717) is 10.5 Å². The molecule has 3 rings (SSSR count). The van der Waals surface area contributed by atoms with E-state index in [4.69, 9.17) is 0 Å². The summed E-state index contributed by atoms with van der Waals surface area (Å²) in [7, 11) is 0. The lowest BCUT2D eigenvalue weighted by molar-refractivity contribution is -0.141. The fourth-order valence-corrected chi connectivity index (χ4v) is 3.62. The molecule has 1 aromatic heterocycles. The second kappa shape index (κ2) is 8.08. The molecule has 0 aliphatic heterocycles. The van der Waals surface area contributed by atoms with Crippen molar-refractivity contribution in [3.63, 3.8) is 0 Å². The second-order valence-corrected chi connectivity index (χ2v) is 7.06. The van der Waals surface area contributed by atoms with Crippen molar-refractivity contribution >= 4 is 5.91 Å². The lowest BCUT2D eigenvalue weighted by Crippen LogP contribution is -2.38. The SMILES string of the molecule is O=C(NC1CCC(c2ccccc2)CC1)c1ccn(CC(F)(F)F)c(=O)c1O. The molecule has 1 amide bonds. The molecule has 2 N–H and O–H groups in total. The lowest BCUT2D eigenvalue weighted by atomic mass is 9.82. The Balaban J connectivity index is 1.63. The van der Waals surface area contributed by atoms with Crippen molar-refractivity contribution in [3.8, 4) is 5.75 Å². The fourth-order valence-electron chi connectivity index (χ4n) is 3.62. The summed E-state index contributed by atoms with van der Waals surface area (Å²) in [6.45, 7) is -1.52. The Morgan fingerprint density at radius 3 is 2.36 bits per heavy atom. The first-order valence-corrected chi connectivity index (χ1v) is 9.09. The maximum absolute atomic E-state index is 12.5. The predicted molar refractivity (Wildman–Crippen MR) is 97.3 cm³/mol. The molecular formula is C20H21F3N2O3. The van der Waals surface area contributed by atoms with Crippen LogP contribution in [-0.4, -0.2) is 27.8 Å². The Bertz CT molecular complexity index is 886. The second-order valence-electron chi connectivity index (χ2n) is 7.06. The number of aromatic hydroxyl groups is 1. The van der Waals surface area contributed by atoms with Crippen LogP contribution in [0.25, 0.3) is 0 Å². The quantitative estimate of drug-likeness (QED) is 0.833. The summed E-state index contributed by atoms with van der Waals surface area (Å²) in [6, 6.07) is 11.0. The number of carbonyl (C=O) groups is 1. The molecule has 5 nitrogen and oxygen atoms in total. The predicted octanol–water partition coefficient (Wildman–Crippen LogP) is 3.57. The molecule has 0 spiro atoms. The number of alkyl halides is 3. The van der Waals surface area contributed by atoms with Crippen LogP contribution in [-0.2, 0) is 6.54 Å². The monoisotopic (exact) mass is 394 g/mol. The standard InChI is InChI=1S/C20H21F3N2O3/c21-20(22,23)12-25-11-10-16(17(26)19(25)28)18(27)24-15-8-6-14(7-9-15)13-4-2-1-3-5-13/h1-5,10-11,14-15,26H,6-9,12H2,(H,24,27). The third-order valence-corrected chi connectivity index (χ3v) is 5.07. The normalized spacial score (nSPS) is 20.0. The first-order chi connectivity index (χ1) is 13.2. The van der Waals surface area contributed by atoms with Crippen LogP contribution in [0, 0.1) is 0 Å². The Labute approximate surface area is 159 Å². The van der Waals surface area contributed by atoms with Crippen molar-refractivity contribution < 1.29 is 23.1 Å². The van der Waals surface area contributed by atoms with Gasteiger partial charge in [-0.3, -0.25) is 9.59 Å². The zero-order valence-corrected chi connectivity index (χ0v) is 15.1. The molecule has 1 saturated carbocycles.